The molecule has 1 unspecified atom stereocenters. The maximum atomic E-state index is 11.0. The van der Waals surface area contributed by atoms with Gasteiger partial charge >= 0.3 is 0 Å². The summed E-state index contributed by atoms with van der Waals surface area (Å²) in [5, 5.41) is 10.3. The van der Waals surface area contributed by atoms with Gasteiger partial charge in [-0.15, -0.1) is 0 Å². The molecule has 0 aliphatic rings. The van der Waals surface area contributed by atoms with Crippen LogP contribution in [0.2, 0.25) is 0 Å². The summed E-state index contributed by atoms with van der Waals surface area (Å²) in [7, 11) is 0. The molecule has 74 valence electrons. The topological polar surface area (TPSA) is 60.2 Å². The zero-order chi connectivity index (χ0) is 10.7. The van der Waals surface area contributed by atoms with Gasteiger partial charge in [0.25, 0.3) is 5.69 Å². The van der Waals surface area contributed by atoms with Crippen molar-refractivity contribution in [2.45, 2.75) is 11.8 Å². The summed E-state index contributed by atoms with van der Waals surface area (Å²) in [6.07, 6.45) is 0. The highest BCUT2D eigenvalue weighted by Crippen LogP contribution is 2.25. The zero-order valence-electron chi connectivity index (χ0n) is 7.44. The third-order valence-corrected chi connectivity index (χ3v) is 2.93. The largest absolute Gasteiger partial charge is 0.298 e. The third-order valence-electron chi connectivity index (χ3n) is 1.75. The van der Waals surface area contributed by atoms with E-state index in [1.54, 1.807) is 12.1 Å². The van der Waals surface area contributed by atoms with Gasteiger partial charge in [-0.3, -0.25) is 14.9 Å². The van der Waals surface area contributed by atoms with Gasteiger partial charge in [0.2, 0.25) is 0 Å². The average Bonchev–Trinajstić information content (AvgIpc) is 2.16. The first kappa shape index (κ1) is 10.8. The van der Waals surface area contributed by atoms with Crippen LogP contribution in [0, 0.1) is 10.1 Å². The quantitative estimate of drug-likeness (QED) is 0.475. The standard InChI is InChI=1S/C9H8BrNO3/c1-6(12)9(10)7-2-4-8(5-3-7)11(13)14/h2-5,9H,1H3. The van der Waals surface area contributed by atoms with E-state index in [9.17, 15) is 14.9 Å². The lowest BCUT2D eigenvalue weighted by Crippen LogP contribution is -2.00. The highest BCUT2D eigenvalue weighted by molar-refractivity contribution is 9.09. The molecule has 0 bridgehead atoms. The molecule has 5 heteroatoms. The molecule has 1 aromatic rings. The molecule has 1 rings (SSSR count). The number of rotatable bonds is 3. The van der Waals surface area contributed by atoms with E-state index in [0.717, 1.165) is 5.56 Å². The van der Waals surface area contributed by atoms with Crippen LogP contribution >= 0.6 is 15.9 Å². The minimum Gasteiger partial charge on any atom is -0.298 e. The van der Waals surface area contributed by atoms with Crippen LogP contribution in [0.3, 0.4) is 0 Å². The molecule has 0 aliphatic heterocycles. The highest BCUT2D eigenvalue weighted by atomic mass is 79.9. The van der Waals surface area contributed by atoms with E-state index in [1.165, 1.54) is 19.1 Å². The third kappa shape index (κ3) is 2.38. The lowest BCUT2D eigenvalue weighted by Gasteiger charge is -2.04. The first-order chi connectivity index (χ1) is 6.52. The lowest BCUT2D eigenvalue weighted by molar-refractivity contribution is -0.384. The second-order valence-electron chi connectivity index (χ2n) is 2.82. The van der Waals surface area contributed by atoms with Crippen LogP contribution in [0.1, 0.15) is 17.3 Å². The molecule has 0 fully saturated rings. The molecular formula is C9H8BrNO3. The predicted molar refractivity (Wildman–Crippen MR) is 55.4 cm³/mol. The first-order valence-electron chi connectivity index (χ1n) is 3.91. The smallest absolute Gasteiger partial charge is 0.269 e. The van der Waals surface area contributed by atoms with E-state index in [-0.39, 0.29) is 16.3 Å². The van der Waals surface area contributed by atoms with Gasteiger partial charge in [0.05, 0.1) is 9.75 Å². The van der Waals surface area contributed by atoms with Crippen LogP contribution in [0.4, 0.5) is 5.69 Å². The van der Waals surface area contributed by atoms with Crippen LogP contribution < -0.4 is 0 Å². The van der Waals surface area contributed by atoms with Gasteiger partial charge in [0, 0.05) is 12.1 Å². The van der Waals surface area contributed by atoms with Crippen molar-refractivity contribution < 1.29 is 9.72 Å². The summed E-state index contributed by atoms with van der Waals surface area (Å²) in [6.45, 7) is 1.46. The highest BCUT2D eigenvalue weighted by Gasteiger charge is 2.13. The van der Waals surface area contributed by atoms with Gasteiger partial charge in [0.1, 0.15) is 5.78 Å². The number of ketones is 1. The van der Waals surface area contributed by atoms with Crippen molar-refractivity contribution in [1.29, 1.82) is 0 Å². The van der Waals surface area contributed by atoms with Crippen molar-refractivity contribution in [3.63, 3.8) is 0 Å². The summed E-state index contributed by atoms with van der Waals surface area (Å²) < 4.78 is 0. The van der Waals surface area contributed by atoms with Crippen molar-refractivity contribution in [2.24, 2.45) is 0 Å². The number of halogens is 1. The molecule has 0 N–H and O–H groups in total. The Morgan fingerprint density at radius 2 is 1.93 bits per heavy atom. The van der Waals surface area contributed by atoms with E-state index < -0.39 is 4.92 Å². The molecule has 14 heavy (non-hydrogen) atoms. The lowest BCUT2D eigenvalue weighted by atomic mass is 10.1. The minimum atomic E-state index is -0.471. The Kier molecular flexibility index (Phi) is 3.35. The average molecular weight is 258 g/mol. The normalized spacial score (nSPS) is 12.1. The Hall–Kier alpha value is -1.23. The summed E-state index contributed by atoms with van der Waals surface area (Å²) in [4.78, 5) is 20.5. The predicted octanol–water partition coefficient (Wildman–Crippen LogP) is 2.62. The van der Waals surface area contributed by atoms with Gasteiger partial charge in [-0.05, 0) is 12.5 Å². The van der Waals surface area contributed by atoms with E-state index in [2.05, 4.69) is 15.9 Å². The molecule has 1 aromatic carbocycles. The zero-order valence-corrected chi connectivity index (χ0v) is 9.02. The minimum absolute atomic E-state index is 0.0250. The number of alkyl halides is 1. The number of Topliss-reactive ketones (excluding diaryl/α,β-unsaturated/α-hetero) is 1. The molecule has 0 radical (unpaired) electrons. The summed E-state index contributed by atoms with van der Waals surface area (Å²) in [5.41, 5.74) is 0.750. The molecule has 0 aliphatic carbocycles. The number of non-ortho nitro benzene ring substituents is 1. The molecule has 0 aromatic heterocycles. The maximum absolute atomic E-state index is 11.0. The van der Waals surface area contributed by atoms with Crippen molar-refractivity contribution in [3.05, 3.63) is 39.9 Å². The number of carbonyl (C=O) groups excluding carboxylic acids is 1. The second-order valence-corrected chi connectivity index (χ2v) is 3.74. The van der Waals surface area contributed by atoms with E-state index in [0.29, 0.717) is 0 Å². The monoisotopic (exact) mass is 257 g/mol. The van der Waals surface area contributed by atoms with Gasteiger partial charge < -0.3 is 0 Å². The van der Waals surface area contributed by atoms with Crippen LogP contribution in [0.15, 0.2) is 24.3 Å². The molecule has 0 amide bonds. The molecule has 1 atom stereocenters. The van der Waals surface area contributed by atoms with E-state index in [4.69, 9.17) is 0 Å². The number of nitro benzene ring substituents is 1. The number of hydrogen-bond donors (Lipinski definition) is 0. The van der Waals surface area contributed by atoms with Gasteiger partial charge in [0.15, 0.2) is 0 Å². The van der Waals surface area contributed by atoms with E-state index in [1.807, 2.05) is 0 Å². The Balaban J connectivity index is 2.94. The second kappa shape index (κ2) is 4.32. The first-order valence-corrected chi connectivity index (χ1v) is 4.83. The number of hydrogen-bond acceptors (Lipinski definition) is 3. The molecule has 0 heterocycles. The fraction of sp³-hybridized carbons (Fsp3) is 0.222. The van der Waals surface area contributed by atoms with Crippen molar-refractivity contribution in [2.75, 3.05) is 0 Å². The fourth-order valence-electron chi connectivity index (χ4n) is 1.000. The molecular weight excluding hydrogens is 250 g/mol. The Bertz CT molecular complexity index is 361. The van der Waals surface area contributed by atoms with Gasteiger partial charge in [-0.25, -0.2) is 0 Å². The van der Waals surface area contributed by atoms with Crippen molar-refractivity contribution in [3.8, 4) is 0 Å². The SMILES string of the molecule is CC(=O)C(Br)c1ccc([N+](=O)[O-])cc1. The summed E-state index contributed by atoms with van der Waals surface area (Å²) in [6, 6.07) is 5.90. The van der Waals surface area contributed by atoms with Crippen molar-refractivity contribution in [1.82, 2.24) is 0 Å². The Morgan fingerprint density at radius 1 is 1.43 bits per heavy atom. The van der Waals surface area contributed by atoms with Gasteiger partial charge in [-0.2, -0.15) is 0 Å². The van der Waals surface area contributed by atoms with Crippen LogP contribution in [0.5, 0.6) is 0 Å². The van der Waals surface area contributed by atoms with Gasteiger partial charge in [-0.1, -0.05) is 28.1 Å². The molecule has 0 saturated carbocycles. The number of benzene rings is 1. The molecule has 0 saturated heterocycles. The fourth-order valence-corrected chi connectivity index (χ4v) is 1.30. The summed E-state index contributed by atoms with van der Waals surface area (Å²) >= 11 is 3.19. The molecule has 0 spiro atoms. The summed E-state index contributed by atoms with van der Waals surface area (Å²) in [5.74, 6) is -0.0288. The van der Waals surface area contributed by atoms with Crippen LogP contribution in [0.25, 0.3) is 0 Å². The van der Waals surface area contributed by atoms with Crippen LogP contribution in [-0.4, -0.2) is 10.7 Å². The molecule has 4 nitrogen and oxygen atoms in total. The Labute approximate surface area is 89.2 Å². The maximum Gasteiger partial charge on any atom is 0.269 e. The van der Waals surface area contributed by atoms with E-state index >= 15 is 0 Å². The number of nitrogens with zero attached hydrogens (tertiary/aromatic N) is 1. The number of nitro groups is 1. The Morgan fingerprint density at radius 3 is 2.29 bits per heavy atom. The number of carbonyl (C=O) groups is 1. The van der Waals surface area contributed by atoms with Crippen molar-refractivity contribution >= 4 is 27.4 Å². The van der Waals surface area contributed by atoms with Crippen LogP contribution in [-0.2, 0) is 4.79 Å².